The van der Waals surface area contributed by atoms with Crippen molar-refractivity contribution >= 4 is 16.4 Å². The lowest BCUT2D eigenvalue weighted by molar-refractivity contribution is 1.00. The molecule has 3 rings (SSSR count). The molecule has 0 bridgehead atoms. The minimum atomic E-state index is 1.16. The molecule has 0 radical (unpaired) electrons. The topological polar surface area (TPSA) is 17.3 Å². The number of benzene rings is 1. The minimum absolute atomic E-state index is 1.16. The van der Waals surface area contributed by atoms with Gasteiger partial charge in [0.1, 0.15) is 0 Å². The van der Waals surface area contributed by atoms with Crippen molar-refractivity contribution in [1.29, 1.82) is 0 Å². The second-order valence-electron chi connectivity index (χ2n) is 3.52. The Morgan fingerprint density at radius 3 is 2.79 bits per heavy atom. The van der Waals surface area contributed by atoms with E-state index in [1.54, 1.807) is 0 Å². The molecule has 0 saturated carbocycles. The lowest BCUT2D eigenvalue weighted by Crippen LogP contribution is -1.88. The Bertz CT molecular complexity index is 608. The second-order valence-corrected chi connectivity index (χ2v) is 3.52. The van der Waals surface area contributed by atoms with Crippen molar-refractivity contribution in [3.05, 3.63) is 48.2 Å². The molecule has 68 valence electrons. The lowest BCUT2D eigenvalue weighted by Gasteiger charge is -2.00. The highest BCUT2D eigenvalue weighted by atomic mass is 15.2. The molecule has 0 spiro atoms. The van der Waals surface area contributed by atoms with E-state index in [1.165, 1.54) is 16.5 Å². The predicted molar refractivity (Wildman–Crippen MR) is 57.4 cm³/mol. The normalized spacial score (nSPS) is 11.2. The quantitative estimate of drug-likeness (QED) is 0.522. The van der Waals surface area contributed by atoms with Gasteiger partial charge in [-0.3, -0.25) is 0 Å². The molecule has 0 atom stereocenters. The van der Waals surface area contributed by atoms with E-state index in [4.69, 9.17) is 0 Å². The van der Waals surface area contributed by atoms with Crippen LogP contribution in [0.4, 0.5) is 0 Å². The van der Waals surface area contributed by atoms with Crippen molar-refractivity contribution in [2.75, 3.05) is 0 Å². The van der Waals surface area contributed by atoms with E-state index < -0.39 is 0 Å². The molecule has 2 heterocycles. The van der Waals surface area contributed by atoms with Crippen molar-refractivity contribution in [3.63, 3.8) is 0 Å². The molecule has 0 fully saturated rings. The van der Waals surface area contributed by atoms with Gasteiger partial charge in [0.2, 0.25) is 0 Å². The third-order valence-corrected chi connectivity index (χ3v) is 2.58. The number of rotatable bonds is 0. The van der Waals surface area contributed by atoms with E-state index in [0.717, 1.165) is 5.52 Å². The third-order valence-electron chi connectivity index (χ3n) is 2.58. The highest BCUT2D eigenvalue weighted by molar-refractivity contribution is 5.82. The molecule has 2 nitrogen and oxygen atoms in total. The number of hydrogen-bond acceptors (Lipinski definition) is 1. The number of pyridine rings is 1. The number of hydrogen-bond donors (Lipinski definition) is 0. The van der Waals surface area contributed by atoms with Crippen LogP contribution in [0.15, 0.2) is 42.6 Å². The molecule has 0 saturated heterocycles. The predicted octanol–water partition coefficient (Wildman–Crippen LogP) is 2.80. The van der Waals surface area contributed by atoms with Crippen LogP contribution in [0.1, 0.15) is 5.56 Å². The van der Waals surface area contributed by atoms with Crippen LogP contribution in [0.5, 0.6) is 0 Å². The summed E-state index contributed by atoms with van der Waals surface area (Å²) in [7, 11) is 0. The molecule has 0 N–H and O–H groups in total. The highest BCUT2D eigenvalue weighted by Crippen LogP contribution is 2.18. The van der Waals surface area contributed by atoms with Crippen LogP contribution in [0.25, 0.3) is 16.4 Å². The Morgan fingerprint density at radius 1 is 1.00 bits per heavy atom. The monoisotopic (exact) mass is 182 g/mol. The molecular weight excluding hydrogens is 172 g/mol. The molecule has 0 unspecified atom stereocenters. The van der Waals surface area contributed by atoms with Crippen LogP contribution in [0.2, 0.25) is 0 Å². The van der Waals surface area contributed by atoms with Crippen molar-refractivity contribution < 1.29 is 0 Å². The van der Waals surface area contributed by atoms with Crippen LogP contribution in [-0.4, -0.2) is 9.61 Å². The largest absolute Gasteiger partial charge is 0.233 e. The van der Waals surface area contributed by atoms with Crippen molar-refractivity contribution in [3.8, 4) is 0 Å². The number of aromatic nitrogens is 2. The van der Waals surface area contributed by atoms with E-state index in [2.05, 4.69) is 36.3 Å². The fourth-order valence-corrected chi connectivity index (χ4v) is 1.82. The standard InChI is InChI=1S/C12H10N2/c1-9-8-13-14-11(9)7-6-10-4-2-3-5-12(10)14/h2-8H,1H3. The van der Waals surface area contributed by atoms with E-state index in [9.17, 15) is 0 Å². The summed E-state index contributed by atoms with van der Waals surface area (Å²) in [6.45, 7) is 2.08. The summed E-state index contributed by atoms with van der Waals surface area (Å²) < 4.78 is 1.99. The summed E-state index contributed by atoms with van der Waals surface area (Å²) in [6.07, 6.45) is 1.90. The van der Waals surface area contributed by atoms with Crippen molar-refractivity contribution in [2.24, 2.45) is 0 Å². The molecule has 0 aliphatic carbocycles. The summed E-state index contributed by atoms with van der Waals surface area (Å²) in [5, 5.41) is 5.59. The first-order valence-electron chi connectivity index (χ1n) is 4.68. The fraction of sp³-hybridized carbons (Fsp3) is 0.0833. The molecule has 1 aromatic carbocycles. The van der Waals surface area contributed by atoms with Crippen LogP contribution < -0.4 is 0 Å². The smallest absolute Gasteiger partial charge is 0.0725 e. The van der Waals surface area contributed by atoms with Crippen LogP contribution in [0, 0.1) is 6.92 Å². The maximum absolute atomic E-state index is 4.36. The molecule has 3 aromatic rings. The Hall–Kier alpha value is -1.83. The van der Waals surface area contributed by atoms with E-state index >= 15 is 0 Å². The van der Waals surface area contributed by atoms with Crippen LogP contribution >= 0.6 is 0 Å². The fourth-order valence-electron chi connectivity index (χ4n) is 1.82. The zero-order chi connectivity index (χ0) is 9.54. The number of fused-ring (bicyclic) bond motifs is 3. The van der Waals surface area contributed by atoms with Gasteiger partial charge in [0.25, 0.3) is 0 Å². The van der Waals surface area contributed by atoms with Crippen LogP contribution in [0.3, 0.4) is 0 Å². The molecule has 0 aliphatic rings. The molecule has 0 amide bonds. The van der Waals surface area contributed by atoms with Crippen LogP contribution in [-0.2, 0) is 0 Å². The van der Waals surface area contributed by atoms with Crippen molar-refractivity contribution in [2.45, 2.75) is 6.92 Å². The third kappa shape index (κ3) is 0.880. The van der Waals surface area contributed by atoms with E-state index in [0.29, 0.717) is 0 Å². The Morgan fingerprint density at radius 2 is 1.86 bits per heavy atom. The number of aryl methyl sites for hydroxylation is 1. The second kappa shape index (κ2) is 2.58. The lowest BCUT2D eigenvalue weighted by atomic mass is 10.2. The average molecular weight is 182 g/mol. The summed E-state index contributed by atoms with van der Waals surface area (Å²) in [5.74, 6) is 0. The minimum Gasteiger partial charge on any atom is -0.233 e. The van der Waals surface area contributed by atoms with Gasteiger partial charge >= 0.3 is 0 Å². The number of para-hydroxylation sites is 1. The zero-order valence-corrected chi connectivity index (χ0v) is 7.94. The first-order chi connectivity index (χ1) is 6.86. The van der Waals surface area contributed by atoms with Gasteiger partial charge in [-0.25, -0.2) is 4.52 Å². The Labute approximate surface area is 81.8 Å². The Balaban J connectivity index is 2.61. The van der Waals surface area contributed by atoms with E-state index in [1.807, 2.05) is 22.8 Å². The summed E-state index contributed by atoms with van der Waals surface area (Å²) >= 11 is 0. The first-order valence-corrected chi connectivity index (χ1v) is 4.68. The highest BCUT2D eigenvalue weighted by Gasteiger charge is 2.01. The average Bonchev–Trinajstić information content (AvgIpc) is 2.61. The molecular formula is C12H10N2. The molecule has 0 aliphatic heterocycles. The van der Waals surface area contributed by atoms with Gasteiger partial charge in [0.15, 0.2) is 0 Å². The summed E-state index contributed by atoms with van der Waals surface area (Å²) in [5.41, 5.74) is 3.57. The maximum atomic E-state index is 4.36. The number of nitrogens with zero attached hydrogens (tertiary/aromatic N) is 2. The summed E-state index contributed by atoms with van der Waals surface area (Å²) in [6, 6.07) is 12.5. The Kier molecular flexibility index (Phi) is 1.39. The molecule has 2 heteroatoms. The molecule has 2 aromatic heterocycles. The zero-order valence-electron chi connectivity index (χ0n) is 7.94. The first kappa shape index (κ1) is 7.56. The van der Waals surface area contributed by atoms with Gasteiger partial charge < -0.3 is 0 Å². The van der Waals surface area contributed by atoms with Gasteiger partial charge in [-0.15, -0.1) is 0 Å². The van der Waals surface area contributed by atoms with Gasteiger partial charge in [0, 0.05) is 5.39 Å². The van der Waals surface area contributed by atoms with E-state index in [-0.39, 0.29) is 0 Å². The maximum Gasteiger partial charge on any atom is 0.0725 e. The van der Waals surface area contributed by atoms with Gasteiger partial charge in [0.05, 0.1) is 17.2 Å². The van der Waals surface area contributed by atoms with Crippen molar-refractivity contribution in [1.82, 2.24) is 9.61 Å². The van der Waals surface area contributed by atoms with Gasteiger partial charge in [-0.05, 0) is 24.6 Å². The van der Waals surface area contributed by atoms with Gasteiger partial charge in [-0.1, -0.05) is 24.3 Å². The SMILES string of the molecule is Cc1cnn2c1ccc1ccccc12. The molecule has 14 heavy (non-hydrogen) atoms. The van der Waals surface area contributed by atoms with Gasteiger partial charge in [-0.2, -0.15) is 5.10 Å². The summed E-state index contributed by atoms with van der Waals surface area (Å²) in [4.78, 5) is 0.